The van der Waals surface area contributed by atoms with E-state index >= 15 is 0 Å². The summed E-state index contributed by atoms with van der Waals surface area (Å²) in [7, 11) is 2.37. The average Bonchev–Trinajstić information content (AvgIpc) is 3.29. The third kappa shape index (κ3) is 11.1. The molecule has 1 aliphatic heterocycles. The summed E-state index contributed by atoms with van der Waals surface area (Å²) in [5, 5.41) is 11.9. The SMILES string of the molecule is CI1OC(=O)c2ccccc21.COC(=O)c1ccc(N(O)C(C)=O)cc1.COC(=O)c1ccc(NC(C)=O)c(OC(F)(F)F)c1. The van der Waals surface area contributed by atoms with Gasteiger partial charge in [-0.05, 0) is 42.5 Å². The second kappa shape index (κ2) is 16.4. The number of amides is 2. The van der Waals surface area contributed by atoms with E-state index in [9.17, 15) is 42.4 Å². The van der Waals surface area contributed by atoms with Crippen molar-refractivity contribution < 1.29 is 59.6 Å². The van der Waals surface area contributed by atoms with Crippen molar-refractivity contribution in [1.82, 2.24) is 0 Å². The Labute approximate surface area is 262 Å². The number of alkyl halides is 4. The third-order valence-electron chi connectivity index (χ3n) is 5.34. The van der Waals surface area contributed by atoms with Gasteiger partial charge in [0.15, 0.2) is 5.75 Å². The molecule has 242 valence electrons. The van der Waals surface area contributed by atoms with Gasteiger partial charge >= 0.3 is 90.7 Å². The van der Waals surface area contributed by atoms with E-state index in [0.29, 0.717) is 16.3 Å². The predicted molar refractivity (Wildman–Crippen MR) is 162 cm³/mol. The smallest absolute Gasteiger partial charge is 0.465 e. The molecule has 1 heterocycles. The molecule has 0 saturated carbocycles. The first-order valence-corrected chi connectivity index (χ1v) is 16.5. The number of rotatable bonds is 5. The van der Waals surface area contributed by atoms with Crippen LogP contribution in [0.1, 0.15) is 44.9 Å². The second-order valence-electron chi connectivity index (χ2n) is 8.57. The number of hydroxylamine groups is 1. The van der Waals surface area contributed by atoms with Gasteiger partial charge in [-0.1, -0.05) is 0 Å². The van der Waals surface area contributed by atoms with E-state index in [1.54, 1.807) is 0 Å². The fraction of sp³-hybridized carbons (Fsp3) is 0.207. The molecule has 0 aromatic heterocycles. The minimum absolute atomic E-state index is 0.129. The van der Waals surface area contributed by atoms with Crippen LogP contribution in [0.3, 0.4) is 0 Å². The fourth-order valence-corrected chi connectivity index (χ4v) is 6.36. The fourth-order valence-electron chi connectivity index (χ4n) is 3.35. The number of nitrogens with zero attached hydrogens (tertiary/aromatic N) is 1. The van der Waals surface area contributed by atoms with Gasteiger partial charge in [-0.3, -0.25) is 14.8 Å². The molecule has 45 heavy (non-hydrogen) atoms. The molecule has 0 bridgehead atoms. The Morgan fingerprint density at radius 2 is 1.44 bits per heavy atom. The number of nitrogens with one attached hydrogen (secondary N) is 1. The number of benzene rings is 3. The van der Waals surface area contributed by atoms with Crippen LogP contribution >= 0.6 is 20.2 Å². The molecular weight excluding hydrogens is 720 g/mol. The second-order valence-corrected chi connectivity index (χ2v) is 12.6. The van der Waals surface area contributed by atoms with Crippen molar-refractivity contribution >= 4 is 61.3 Å². The number of ether oxygens (including phenoxy) is 3. The monoisotopic (exact) mass is 748 g/mol. The quantitative estimate of drug-likeness (QED) is 0.110. The van der Waals surface area contributed by atoms with Gasteiger partial charge in [0.1, 0.15) is 0 Å². The van der Waals surface area contributed by atoms with E-state index in [4.69, 9.17) is 3.07 Å². The maximum atomic E-state index is 12.2. The molecule has 0 atom stereocenters. The zero-order chi connectivity index (χ0) is 33.9. The van der Waals surface area contributed by atoms with Crippen LogP contribution < -0.4 is 15.1 Å². The summed E-state index contributed by atoms with van der Waals surface area (Å²) in [4.78, 5) is 57.1. The van der Waals surface area contributed by atoms with Crippen LogP contribution in [-0.2, 0) is 22.1 Å². The number of anilines is 2. The van der Waals surface area contributed by atoms with E-state index in [1.165, 1.54) is 44.4 Å². The molecule has 0 spiro atoms. The van der Waals surface area contributed by atoms with Crippen molar-refractivity contribution in [2.75, 3.05) is 29.5 Å². The third-order valence-corrected chi connectivity index (χ3v) is 8.97. The van der Waals surface area contributed by atoms with Crippen molar-refractivity contribution in [2.45, 2.75) is 20.2 Å². The normalized spacial score (nSPS) is 12.1. The van der Waals surface area contributed by atoms with E-state index in [1.807, 2.05) is 29.2 Å². The van der Waals surface area contributed by atoms with Gasteiger partial charge in [0.25, 0.3) is 0 Å². The Kier molecular flexibility index (Phi) is 13.3. The van der Waals surface area contributed by atoms with Crippen molar-refractivity contribution in [1.29, 1.82) is 0 Å². The van der Waals surface area contributed by atoms with Gasteiger partial charge in [0.2, 0.25) is 11.8 Å². The van der Waals surface area contributed by atoms with Crippen LogP contribution in [-0.4, -0.2) is 60.4 Å². The van der Waals surface area contributed by atoms with Crippen LogP contribution in [0, 0.1) is 3.57 Å². The molecule has 2 N–H and O–H groups in total. The molecule has 2 amide bonds. The molecule has 1 aliphatic rings. The first kappa shape index (κ1) is 36.5. The number of halogens is 4. The van der Waals surface area contributed by atoms with Gasteiger partial charge < -0.3 is 19.5 Å². The van der Waals surface area contributed by atoms with Crippen molar-refractivity contribution in [3.63, 3.8) is 0 Å². The van der Waals surface area contributed by atoms with Gasteiger partial charge in [0, 0.05) is 13.8 Å². The number of fused-ring (bicyclic) bond motifs is 1. The van der Waals surface area contributed by atoms with Crippen LogP contribution in [0.2, 0.25) is 0 Å². The Morgan fingerprint density at radius 3 is 1.96 bits per heavy atom. The number of carbonyl (C=O) groups is 5. The Bertz CT molecular complexity index is 1550. The summed E-state index contributed by atoms with van der Waals surface area (Å²) in [6.07, 6.45) is -4.94. The summed E-state index contributed by atoms with van der Waals surface area (Å²) in [6, 6.07) is 16.6. The molecule has 3 aromatic carbocycles. The minimum atomic E-state index is -4.94. The number of hydrogen-bond donors (Lipinski definition) is 2. The van der Waals surface area contributed by atoms with Crippen molar-refractivity contribution in [2.24, 2.45) is 0 Å². The van der Waals surface area contributed by atoms with Crippen LogP contribution in [0.15, 0.2) is 66.7 Å². The summed E-state index contributed by atoms with van der Waals surface area (Å²) >= 11 is -1.52. The maximum Gasteiger partial charge on any atom is 0.573 e. The first-order chi connectivity index (χ1) is 21.1. The molecule has 12 nitrogen and oxygen atoms in total. The van der Waals surface area contributed by atoms with E-state index in [-0.39, 0.29) is 17.2 Å². The Hall–Kier alpha value is -4.71. The van der Waals surface area contributed by atoms with Crippen molar-refractivity contribution in [3.05, 3.63) is 87.0 Å². The molecule has 0 saturated heterocycles. The minimum Gasteiger partial charge on any atom is -0.465 e. The molecule has 0 unspecified atom stereocenters. The molecule has 0 fully saturated rings. The topological polar surface area (TPSA) is 158 Å². The maximum absolute atomic E-state index is 12.2. The Balaban J connectivity index is 0.000000243. The molecule has 4 rings (SSSR count). The molecule has 3 aromatic rings. The average molecular weight is 748 g/mol. The van der Waals surface area contributed by atoms with Crippen LogP contribution in [0.4, 0.5) is 24.5 Å². The molecule has 0 aliphatic carbocycles. The van der Waals surface area contributed by atoms with Crippen LogP contribution in [0.5, 0.6) is 5.75 Å². The molecule has 16 heteroatoms. The standard InChI is InChI=1S/C11H10F3NO4.C10H11NO4.C8H7IO2/c1-6(16)15-8-4-3-7(10(17)18-2)5-9(8)19-11(12,13)14;1-7(12)11(14)9-5-3-8(4-6-9)10(13)15-2;1-9-7-5-3-2-4-6(7)8(10)11-9/h3-5H,1-2H3,(H,15,16);3-6,14H,1-2H3;2-5H,1H3. The zero-order valence-corrected chi connectivity index (χ0v) is 26.6. The van der Waals surface area contributed by atoms with Gasteiger partial charge in [0.05, 0.1) is 36.7 Å². The largest absolute Gasteiger partial charge is 0.573 e. The van der Waals surface area contributed by atoms with Gasteiger partial charge in [-0.2, -0.15) is 5.06 Å². The molecular formula is C29H28F3IN2O10. The van der Waals surface area contributed by atoms with Crippen LogP contribution in [0.25, 0.3) is 0 Å². The number of hydrogen-bond acceptors (Lipinski definition) is 10. The predicted octanol–water partition coefficient (Wildman–Crippen LogP) is 5.62. The summed E-state index contributed by atoms with van der Waals surface area (Å²) in [6.45, 7) is 2.36. The molecule has 0 radical (unpaired) electrons. The summed E-state index contributed by atoms with van der Waals surface area (Å²) < 4.78 is 55.6. The van der Waals surface area contributed by atoms with E-state index in [2.05, 4.69) is 19.5 Å². The number of esters is 2. The number of carbonyl (C=O) groups excluding carboxylic acids is 5. The van der Waals surface area contributed by atoms with Crippen molar-refractivity contribution in [3.8, 4) is 5.75 Å². The summed E-state index contributed by atoms with van der Waals surface area (Å²) in [5.41, 5.74) is 1.11. The zero-order valence-electron chi connectivity index (χ0n) is 24.4. The summed E-state index contributed by atoms with van der Waals surface area (Å²) in [5.74, 6) is -3.17. The Morgan fingerprint density at radius 1 is 0.889 bits per heavy atom. The van der Waals surface area contributed by atoms with E-state index in [0.717, 1.165) is 35.3 Å². The van der Waals surface area contributed by atoms with E-state index < -0.39 is 56.1 Å². The van der Waals surface area contributed by atoms with Gasteiger partial charge in [-0.25, -0.2) is 9.59 Å². The van der Waals surface area contributed by atoms with Gasteiger partial charge in [-0.15, -0.1) is 13.2 Å². The number of methoxy groups -OCH3 is 2. The first-order valence-electron chi connectivity index (χ1n) is 12.4.